The van der Waals surface area contributed by atoms with Crippen LogP contribution in [0.4, 0.5) is 13.2 Å². The lowest BCUT2D eigenvalue weighted by atomic mass is 10.1. The molecule has 0 radical (unpaired) electrons. The highest BCUT2D eigenvalue weighted by Crippen LogP contribution is 2.22. The summed E-state index contributed by atoms with van der Waals surface area (Å²) in [5, 5.41) is 6.71. The molecule has 1 rings (SSSR count). The summed E-state index contributed by atoms with van der Waals surface area (Å²) in [7, 11) is 0. The number of carbonyl (C=O) groups is 1. The number of alkyl halides is 3. The van der Waals surface area contributed by atoms with Gasteiger partial charge in [0.05, 0.1) is 11.3 Å². The number of halogens is 3. The maximum Gasteiger partial charge on any atom is 0.408 e. The zero-order valence-corrected chi connectivity index (χ0v) is 12.8. The second-order valence-corrected chi connectivity index (χ2v) is 5.53. The van der Waals surface area contributed by atoms with E-state index in [4.69, 9.17) is 0 Å². The van der Waals surface area contributed by atoms with Crippen molar-refractivity contribution in [3.63, 3.8) is 0 Å². The minimum Gasteiger partial charge on any atom is -0.352 e. The number of amides is 1. The lowest BCUT2D eigenvalue weighted by molar-refractivity contribution is -0.143. The fraction of sp³-hybridized carbons (Fsp3) is 0.714. The van der Waals surface area contributed by atoms with Crippen LogP contribution in [0.1, 0.15) is 48.9 Å². The van der Waals surface area contributed by atoms with Crippen molar-refractivity contribution in [1.29, 1.82) is 0 Å². The van der Waals surface area contributed by atoms with Crippen molar-refractivity contribution in [3.8, 4) is 0 Å². The summed E-state index contributed by atoms with van der Waals surface area (Å²) in [6.45, 7) is 6.61. The van der Waals surface area contributed by atoms with Crippen LogP contribution in [-0.2, 0) is 13.0 Å². The van der Waals surface area contributed by atoms with Crippen LogP contribution in [0.15, 0.2) is 0 Å². The van der Waals surface area contributed by atoms with Gasteiger partial charge in [-0.1, -0.05) is 27.2 Å². The minimum absolute atomic E-state index is 0.261. The highest BCUT2D eigenvalue weighted by molar-refractivity contribution is 5.96. The smallest absolute Gasteiger partial charge is 0.352 e. The summed E-state index contributed by atoms with van der Waals surface area (Å²) >= 11 is 0. The maximum atomic E-state index is 12.5. The third kappa shape index (κ3) is 5.06. The Bertz CT molecular complexity index is 492. The molecule has 7 heteroatoms. The van der Waals surface area contributed by atoms with Gasteiger partial charge in [-0.15, -0.1) is 0 Å². The highest BCUT2D eigenvalue weighted by Gasteiger charge is 2.31. The number of nitrogens with zero attached hydrogens (tertiary/aromatic N) is 2. The van der Waals surface area contributed by atoms with Crippen LogP contribution >= 0.6 is 0 Å². The predicted molar refractivity (Wildman–Crippen MR) is 74.2 cm³/mol. The standard InChI is InChI=1S/C14H22F3N3O/c1-5-6-11-12(13(21)18-7-9(2)3)10(4)20(19-11)8-14(15,16)17/h9H,5-8H2,1-4H3,(H,18,21). The Labute approximate surface area is 122 Å². The molecule has 0 aromatic carbocycles. The third-order valence-electron chi connectivity index (χ3n) is 2.99. The van der Waals surface area contributed by atoms with Gasteiger partial charge in [0.25, 0.3) is 5.91 Å². The number of nitrogens with one attached hydrogen (secondary N) is 1. The van der Waals surface area contributed by atoms with Crippen LogP contribution in [0.25, 0.3) is 0 Å². The second kappa shape index (κ2) is 6.95. The van der Waals surface area contributed by atoms with E-state index in [1.807, 2.05) is 20.8 Å². The molecule has 120 valence electrons. The second-order valence-electron chi connectivity index (χ2n) is 5.53. The summed E-state index contributed by atoms with van der Waals surface area (Å²) in [4.78, 5) is 12.2. The van der Waals surface area contributed by atoms with Crippen LogP contribution < -0.4 is 5.32 Å². The SMILES string of the molecule is CCCc1nn(CC(F)(F)F)c(C)c1C(=O)NCC(C)C. The van der Waals surface area contributed by atoms with Gasteiger partial charge in [-0.25, -0.2) is 0 Å². The molecule has 1 amide bonds. The van der Waals surface area contributed by atoms with Crippen molar-refractivity contribution in [2.24, 2.45) is 5.92 Å². The predicted octanol–water partition coefficient (Wildman–Crippen LogP) is 3.09. The molecule has 0 atom stereocenters. The van der Waals surface area contributed by atoms with E-state index in [2.05, 4.69) is 10.4 Å². The van der Waals surface area contributed by atoms with Gasteiger partial charge in [0.15, 0.2) is 0 Å². The van der Waals surface area contributed by atoms with Crippen molar-refractivity contribution < 1.29 is 18.0 Å². The van der Waals surface area contributed by atoms with E-state index in [0.717, 1.165) is 4.68 Å². The molecule has 0 saturated heterocycles. The van der Waals surface area contributed by atoms with E-state index in [1.165, 1.54) is 6.92 Å². The Kier molecular flexibility index (Phi) is 5.80. The fourth-order valence-corrected chi connectivity index (χ4v) is 2.02. The molecule has 0 aliphatic rings. The van der Waals surface area contributed by atoms with Gasteiger partial charge in [0, 0.05) is 12.2 Å². The fourth-order valence-electron chi connectivity index (χ4n) is 2.02. The molecule has 1 N–H and O–H groups in total. The average molecular weight is 305 g/mol. The topological polar surface area (TPSA) is 46.9 Å². The number of rotatable bonds is 6. The van der Waals surface area contributed by atoms with Crippen LogP contribution in [-0.4, -0.2) is 28.4 Å². The summed E-state index contributed by atoms with van der Waals surface area (Å²) in [6.07, 6.45) is -3.16. The van der Waals surface area contributed by atoms with Gasteiger partial charge in [0.1, 0.15) is 6.54 Å². The monoisotopic (exact) mass is 305 g/mol. The first-order chi connectivity index (χ1) is 9.65. The van der Waals surface area contributed by atoms with Crippen molar-refractivity contribution in [2.75, 3.05) is 6.54 Å². The van der Waals surface area contributed by atoms with Gasteiger partial charge in [-0.3, -0.25) is 9.48 Å². The Morgan fingerprint density at radius 2 is 2.00 bits per heavy atom. The Balaban J connectivity index is 3.07. The summed E-state index contributed by atoms with van der Waals surface area (Å²) in [6, 6.07) is 0. The molecule has 4 nitrogen and oxygen atoms in total. The van der Waals surface area contributed by atoms with Gasteiger partial charge >= 0.3 is 6.18 Å². The Morgan fingerprint density at radius 3 is 2.48 bits per heavy atom. The van der Waals surface area contributed by atoms with Crippen LogP contribution in [0.2, 0.25) is 0 Å². The summed E-state index contributed by atoms with van der Waals surface area (Å²) < 4.78 is 38.5. The normalized spacial score (nSPS) is 12.0. The molecule has 0 unspecified atom stereocenters. The number of hydrogen-bond acceptors (Lipinski definition) is 2. The maximum absolute atomic E-state index is 12.5. The number of aryl methyl sites for hydroxylation is 1. The first-order valence-corrected chi connectivity index (χ1v) is 7.07. The summed E-state index contributed by atoms with van der Waals surface area (Å²) in [5.74, 6) is -0.0767. The van der Waals surface area contributed by atoms with Crippen molar-refractivity contribution in [1.82, 2.24) is 15.1 Å². The molecular formula is C14H22F3N3O. The van der Waals surface area contributed by atoms with Crippen molar-refractivity contribution >= 4 is 5.91 Å². The van der Waals surface area contributed by atoms with E-state index in [-0.39, 0.29) is 23.1 Å². The number of aromatic nitrogens is 2. The first kappa shape index (κ1) is 17.5. The van der Waals surface area contributed by atoms with Gasteiger partial charge in [0.2, 0.25) is 0 Å². The van der Waals surface area contributed by atoms with E-state index < -0.39 is 12.7 Å². The first-order valence-electron chi connectivity index (χ1n) is 7.07. The lowest BCUT2D eigenvalue weighted by Gasteiger charge is -2.10. The molecule has 1 aromatic heterocycles. The molecule has 0 spiro atoms. The third-order valence-corrected chi connectivity index (χ3v) is 2.99. The molecule has 1 aromatic rings. The largest absolute Gasteiger partial charge is 0.408 e. The molecule has 0 saturated carbocycles. The summed E-state index contributed by atoms with van der Waals surface area (Å²) in [5.41, 5.74) is 0.972. The van der Waals surface area contributed by atoms with E-state index in [9.17, 15) is 18.0 Å². The molecule has 0 fully saturated rings. The van der Waals surface area contributed by atoms with Gasteiger partial charge in [-0.05, 0) is 19.3 Å². The minimum atomic E-state index is -4.36. The van der Waals surface area contributed by atoms with E-state index >= 15 is 0 Å². The van der Waals surface area contributed by atoms with E-state index in [1.54, 1.807) is 0 Å². The van der Waals surface area contributed by atoms with Crippen LogP contribution in [0.5, 0.6) is 0 Å². The van der Waals surface area contributed by atoms with Crippen LogP contribution in [0, 0.1) is 12.8 Å². The number of carbonyl (C=O) groups excluding carboxylic acids is 1. The molecule has 0 aliphatic carbocycles. The Morgan fingerprint density at radius 1 is 1.38 bits per heavy atom. The average Bonchev–Trinajstić information content (AvgIpc) is 2.61. The molecule has 1 heterocycles. The Hall–Kier alpha value is -1.53. The van der Waals surface area contributed by atoms with Crippen molar-refractivity contribution in [2.45, 2.75) is 53.3 Å². The lowest BCUT2D eigenvalue weighted by Crippen LogP contribution is -2.28. The number of hydrogen-bond donors (Lipinski definition) is 1. The molecule has 0 bridgehead atoms. The van der Waals surface area contributed by atoms with Gasteiger partial charge < -0.3 is 5.32 Å². The molecule has 21 heavy (non-hydrogen) atoms. The van der Waals surface area contributed by atoms with E-state index in [0.29, 0.717) is 25.1 Å². The van der Waals surface area contributed by atoms with Crippen LogP contribution in [0.3, 0.4) is 0 Å². The zero-order valence-electron chi connectivity index (χ0n) is 12.8. The highest BCUT2D eigenvalue weighted by atomic mass is 19.4. The zero-order chi connectivity index (χ0) is 16.2. The molecular weight excluding hydrogens is 283 g/mol. The van der Waals surface area contributed by atoms with Crippen molar-refractivity contribution in [3.05, 3.63) is 17.0 Å². The molecule has 0 aliphatic heterocycles. The quantitative estimate of drug-likeness (QED) is 0.878. The van der Waals surface area contributed by atoms with Gasteiger partial charge in [-0.2, -0.15) is 18.3 Å².